The zero-order valence-corrected chi connectivity index (χ0v) is 15.1. The Bertz CT molecular complexity index is 799. The predicted octanol–water partition coefficient (Wildman–Crippen LogP) is 4.95. The van der Waals surface area contributed by atoms with Gasteiger partial charge >= 0.3 is 0 Å². The molecule has 1 aromatic heterocycles. The number of hydrogen-bond donors (Lipinski definition) is 1. The molecule has 0 saturated heterocycles. The summed E-state index contributed by atoms with van der Waals surface area (Å²) in [4.78, 5) is 13.4. The molecular formula is C20H18ClNO2S. The van der Waals surface area contributed by atoms with Crippen LogP contribution in [0.25, 0.3) is 0 Å². The first-order valence-electron chi connectivity index (χ1n) is 7.98. The number of carbonyl (C=O) groups excluding carboxylic acids is 1. The van der Waals surface area contributed by atoms with Gasteiger partial charge in [-0.05, 0) is 59.8 Å². The van der Waals surface area contributed by atoms with Crippen LogP contribution in [-0.4, -0.2) is 12.5 Å². The van der Waals surface area contributed by atoms with Crippen molar-refractivity contribution in [3.63, 3.8) is 0 Å². The molecule has 2 aromatic carbocycles. The van der Waals surface area contributed by atoms with Crippen molar-refractivity contribution in [2.75, 3.05) is 6.54 Å². The Balaban J connectivity index is 1.47. The smallest absolute Gasteiger partial charge is 0.251 e. The molecule has 0 aliphatic rings. The van der Waals surface area contributed by atoms with Crippen LogP contribution in [-0.2, 0) is 13.0 Å². The molecule has 1 heterocycles. The maximum absolute atomic E-state index is 12.1. The van der Waals surface area contributed by atoms with Crippen molar-refractivity contribution >= 4 is 28.8 Å². The predicted molar refractivity (Wildman–Crippen MR) is 103 cm³/mol. The summed E-state index contributed by atoms with van der Waals surface area (Å²) in [5, 5.41) is 5.67. The van der Waals surface area contributed by atoms with Gasteiger partial charge in [0.25, 0.3) is 5.91 Å². The van der Waals surface area contributed by atoms with Gasteiger partial charge in [0.05, 0.1) is 0 Å². The highest BCUT2D eigenvalue weighted by Crippen LogP contribution is 2.17. The summed E-state index contributed by atoms with van der Waals surface area (Å²) < 4.78 is 5.70. The van der Waals surface area contributed by atoms with Crippen molar-refractivity contribution in [2.24, 2.45) is 0 Å². The van der Waals surface area contributed by atoms with Gasteiger partial charge in [0, 0.05) is 22.0 Å². The summed E-state index contributed by atoms with van der Waals surface area (Å²) in [6.45, 7) is 1.09. The van der Waals surface area contributed by atoms with E-state index in [0.29, 0.717) is 23.7 Å². The summed E-state index contributed by atoms with van der Waals surface area (Å²) >= 11 is 7.55. The van der Waals surface area contributed by atoms with Crippen molar-refractivity contribution in [2.45, 2.75) is 13.0 Å². The summed E-state index contributed by atoms with van der Waals surface area (Å²) in [7, 11) is 0. The normalized spacial score (nSPS) is 10.4. The molecule has 0 fully saturated rings. The van der Waals surface area contributed by atoms with E-state index < -0.39 is 0 Å². The number of halogens is 1. The van der Waals surface area contributed by atoms with Crippen molar-refractivity contribution in [1.82, 2.24) is 5.32 Å². The van der Waals surface area contributed by atoms with Gasteiger partial charge < -0.3 is 10.1 Å². The van der Waals surface area contributed by atoms with E-state index in [1.807, 2.05) is 47.8 Å². The molecule has 0 unspecified atom stereocenters. The Morgan fingerprint density at radius 1 is 1.04 bits per heavy atom. The Labute approximate surface area is 156 Å². The van der Waals surface area contributed by atoms with E-state index in [9.17, 15) is 4.79 Å². The molecular weight excluding hydrogens is 354 g/mol. The van der Waals surface area contributed by atoms with E-state index >= 15 is 0 Å². The molecule has 0 saturated carbocycles. The van der Waals surface area contributed by atoms with E-state index in [4.69, 9.17) is 16.3 Å². The van der Waals surface area contributed by atoms with Crippen molar-refractivity contribution in [3.8, 4) is 5.75 Å². The number of amides is 1. The average molecular weight is 372 g/mol. The Kier molecular flexibility index (Phi) is 6.09. The molecule has 1 amide bonds. The molecule has 0 aliphatic carbocycles. The van der Waals surface area contributed by atoms with Crippen LogP contribution in [0.15, 0.2) is 66.0 Å². The zero-order chi connectivity index (χ0) is 17.5. The molecule has 3 rings (SSSR count). The van der Waals surface area contributed by atoms with Crippen molar-refractivity contribution in [1.29, 1.82) is 0 Å². The number of rotatable bonds is 7. The van der Waals surface area contributed by atoms with Gasteiger partial charge in [-0.15, -0.1) is 11.3 Å². The fraction of sp³-hybridized carbons (Fsp3) is 0.150. The summed E-state index contributed by atoms with van der Waals surface area (Å²) in [6, 6.07) is 18.8. The summed E-state index contributed by atoms with van der Waals surface area (Å²) in [6.07, 6.45) is 0.858. The third kappa shape index (κ3) is 5.34. The molecule has 0 radical (unpaired) electrons. The first-order valence-corrected chi connectivity index (χ1v) is 9.24. The highest BCUT2D eigenvalue weighted by molar-refractivity contribution is 7.09. The van der Waals surface area contributed by atoms with Gasteiger partial charge in [-0.1, -0.05) is 29.8 Å². The SMILES string of the molecule is O=C(NCCc1cccs1)c1ccc(COc2ccc(Cl)cc2)cc1. The van der Waals surface area contributed by atoms with Crippen LogP contribution in [0.5, 0.6) is 5.75 Å². The van der Waals surface area contributed by atoms with E-state index in [1.165, 1.54) is 4.88 Å². The van der Waals surface area contributed by atoms with Gasteiger partial charge in [0.2, 0.25) is 0 Å². The topological polar surface area (TPSA) is 38.3 Å². The minimum Gasteiger partial charge on any atom is -0.489 e. The number of hydrogen-bond acceptors (Lipinski definition) is 3. The van der Waals surface area contributed by atoms with Crippen LogP contribution >= 0.6 is 22.9 Å². The Morgan fingerprint density at radius 3 is 2.48 bits per heavy atom. The third-order valence-corrected chi connectivity index (χ3v) is 4.86. The van der Waals surface area contributed by atoms with Gasteiger partial charge in [-0.3, -0.25) is 4.79 Å². The number of benzene rings is 2. The molecule has 5 heteroatoms. The lowest BCUT2D eigenvalue weighted by atomic mass is 10.1. The first kappa shape index (κ1) is 17.5. The van der Waals surface area contributed by atoms with E-state index in [0.717, 1.165) is 17.7 Å². The minimum atomic E-state index is -0.0540. The summed E-state index contributed by atoms with van der Waals surface area (Å²) in [5.74, 6) is 0.710. The molecule has 3 nitrogen and oxygen atoms in total. The van der Waals surface area contributed by atoms with Crippen LogP contribution < -0.4 is 10.1 Å². The van der Waals surface area contributed by atoms with E-state index in [1.54, 1.807) is 23.5 Å². The van der Waals surface area contributed by atoms with E-state index in [-0.39, 0.29) is 5.91 Å². The summed E-state index contributed by atoms with van der Waals surface area (Å²) in [5.41, 5.74) is 1.66. The second-order valence-electron chi connectivity index (χ2n) is 5.52. The lowest BCUT2D eigenvalue weighted by Crippen LogP contribution is -2.25. The lowest BCUT2D eigenvalue weighted by Gasteiger charge is -2.08. The van der Waals surface area contributed by atoms with Crippen molar-refractivity contribution in [3.05, 3.63) is 87.1 Å². The number of nitrogens with one attached hydrogen (secondary N) is 1. The number of ether oxygens (including phenoxy) is 1. The second kappa shape index (κ2) is 8.70. The van der Waals surface area contributed by atoms with Crippen molar-refractivity contribution < 1.29 is 9.53 Å². The number of thiophene rings is 1. The van der Waals surface area contributed by atoms with Gasteiger partial charge in [-0.2, -0.15) is 0 Å². The number of carbonyl (C=O) groups is 1. The highest BCUT2D eigenvalue weighted by atomic mass is 35.5. The van der Waals surface area contributed by atoms with Crippen LogP contribution in [0.3, 0.4) is 0 Å². The largest absolute Gasteiger partial charge is 0.489 e. The molecule has 128 valence electrons. The molecule has 0 atom stereocenters. The van der Waals surface area contributed by atoms with Crippen LogP contribution in [0.1, 0.15) is 20.8 Å². The minimum absolute atomic E-state index is 0.0540. The van der Waals surface area contributed by atoms with Gasteiger partial charge in [0.1, 0.15) is 12.4 Å². The highest BCUT2D eigenvalue weighted by Gasteiger charge is 2.05. The van der Waals surface area contributed by atoms with E-state index in [2.05, 4.69) is 11.4 Å². The zero-order valence-electron chi connectivity index (χ0n) is 13.6. The Hall–Kier alpha value is -2.30. The first-order chi connectivity index (χ1) is 12.2. The van der Waals surface area contributed by atoms with Crippen LogP contribution in [0.4, 0.5) is 0 Å². The second-order valence-corrected chi connectivity index (χ2v) is 6.99. The molecule has 3 aromatic rings. The van der Waals surface area contributed by atoms with Crippen LogP contribution in [0, 0.1) is 0 Å². The standard InChI is InChI=1S/C20H18ClNO2S/c21-17-7-9-18(10-8-17)24-14-15-3-5-16(6-4-15)20(23)22-12-11-19-2-1-13-25-19/h1-10,13H,11-12,14H2,(H,22,23). The molecule has 0 spiro atoms. The fourth-order valence-corrected chi connectivity index (χ4v) is 3.14. The van der Waals surface area contributed by atoms with Gasteiger partial charge in [0.15, 0.2) is 0 Å². The Morgan fingerprint density at radius 2 is 1.80 bits per heavy atom. The fourth-order valence-electron chi connectivity index (χ4n) is 2.31. The maximum atomic E-state index is 12.1. The van der Waals surface area contributed by atoms with Crippen LogP contribution in [0.2, 0.25) is 5.02 Å². The third-order valence-electron chi connectivity index (χ3n) is 3.67. The molecule has 1 N–H and O–H groups in total. The molecule has 25 heavy (non-hydrogen) atoms. The van der Waals surface area contributed by atoms with Gasteiger partial charge in [-0.25, -0.2) is 0 Å². The quantitative estimate of drug-likeness (QED) is 0.638. The molecule has 0 aliphatic heterocycles. The maximum Gasteiger partial charge on any atom is 0.251 e. The average Bonchev–Trinajstić information content (AvgIpc) is 3.15. The molecule has 0 bridgehead atoms. The lowest BCUT2D eigenvalue weighted by molar-refractivity contribution is 0.0954. The monoisotopic (exact) mass is 371 g/mol.